The number of aliphatic hydroxyl groups is 3. The summed E-state index contributed by atoms with van der Waals surface area (Å²) in [6.45, 7) is 0.148. The lowest BCUT2D eigenvalue weighted by atomic mass is 10.1. The van der Waals surface area contributed by atoms with Crippen LogP contribution in [0, 0.1) is 0 Å². The molecule has 1 fully saturated rings. The van der Waals surface area contributed by atoms with Crippen molar-refractivity contribution < 1.29 is 20.1 Å². The van der Waals surface area contributed by atoms with Gasteiger partial charge < -0.3 is 25.4 Å². The first-order valence-corrected chi connectivity index (χ1v) is 8.85. The van der Waals surface area contributed by atoms with Crippen molar-refractivity contribution in [1.29, 1.82) is 0 Å². The van der Waals surface area contributed by atoms with Crippen LogP contribution in [0.5, 0.6) is 0 Å². The van der Waals surface area contributed by atoms with Gasteiger partial charge >= 0.3 is 0 Å². The number of imidazole rings is 1. The average molecular weight is 389 g/mol. The van der Waals surface area contributed by atoms with Gasteiger partial charge in [-0.15, -0.1) is 12.6 Å². The summed E-state index contributed by atoms with van der Waals surface area (Å²) in [7, 11) is 0. The van der Waals surface area contributed by atoms with E-state index in [4.69, 9.17) is 4.74 Å². The van der Waals surface area contributed by atoms with Crippen molar-refractivity contribution in [2.45, 2.75) is 36.0 Å². The van der Waals surface area contributed by atoms with E-state index in [1.807, 2.05) is 24.3 Å². The van der Waals surface area contributed by atoms with Crippen molar-refractivity contribution in [2.75, 3.05) is 11.9 Å². The molecule has 1 aliphatic heterocycles. The van der Waals surface area contributed by atoms with Crippen LogP contribution in [0.25, 0.3) is 11.2 Å². The molecule has 0 amide bonds. The number of nitrogens with one attached hydrogen (secondary N) is 1. The number of thiol groups is 1. The topological polar surface area (TPSA) is 126 Å². The molecule has 9 nitrogen and oxygen atoms in total. The van der Waals surface area contributed by atoms with Crippen molar-refractivity contribution in [3.05, 3.63) is 42.5 Å². The van der Waals surface area contributed by atoms with Gasteiger partial charge in [0.05, 0.1) is 12.9 Å². The highest BCUT2D eigenvalue weighted by atomic mass is 32.1. The molecule has 0 bridgehead atoms. The smallest absolute Gasteiger partial charge is 0.167 e. The Labute approximate surface area is 160 Å². The lowest BCUT2D eigenvalue weighted by molar-refractivity contribution is -0.0511. The number of ether oxygens (including phenoxy) is 1. The molecule has 3 aromatic rings. The lowest BCUT2D eigenvalue weighted by Crippen LogP contribution is -2.33. The quantitative estimate of drug-likeness (QED) is 0.396. The van der Waals surface area contributed by atoms with E-state index in [1.54, 1.807) is 0 Å². The summed E-state index contributed by atoms with van der Waals surface area (Å²) in [6.07, 6.45) is -1.29. The highest BCUT2D eigenvalue weighted by Crippen LogP contribution is 2.32. The molecule has 2 aromatic heterocycles. The lowest BCUT2D eigenvalue weighted by Gasteiger charge is -2.16. The molecule has 1 aromatic carbocycles. The summed E-state index contributed by atoms with van der Waals surface area (Å²) >= 11 is 4.27. The zero-order valence-electron chi connectivity index (χ0n) is 14.2. The Morgan fingerprint density at radius 2 is 1.89 bits per heavy atom. The first kappa shape index (κ1) is 18.1. The second-order valence-electron chi connectivity index (χ2n) is 6.30. The number of aromatic nitrogens is 4. The molecule has 0 saturated carbocycles. The van der Waals surface area contributed by atoms with Gasteiger partial charge in [0.15, 0.2) is 23.2 Å². The predicted octanol–water partition coefficient (Wildman–Crippen LogP) is 0.339. The minimum atomic E-state index is -1.20. The van der Waals surface area contributed by atoms with E-state index in [-0.39, 0.29) is 0 Å². The third-order valence-electron chi connectivity index (χ3n) is 4.55. The van der Waals surface area contributed by atoms with Gasteiger partial charge in [-0.3, -0.25) is 4.57 Å². The van der Waals surface area contributed by atoms with Gasteiger partial charge in [0.1, 0.15) is 24.6 Å². The first-order chi connectivity index (χ1) is 13.1. The number of fused-ring (bicyclic) bond motifs is 1. The van der Waals surface area contributed by atoms with Crippen LogP contribution in [-0.2, 0) is 11.3 Å². The minimum absolute atomic E-state index is 0.395. The Kier molecular flexibility index (Phi) is 4.98. The van der Waals surface area contributed by atoms with Gasteiger partial charge in [0.25, 0.3) is 0 Å². The molecule has 4 N–H and O–H groups in total. The molecule has 1 saturated heterocycles. The minimum Gasteiger partial charge on any atom is -0.394 e. The highest BCUT2D eigenvalue weighted by Gasteiger charge is 2.44. The maximum Gasteiger partial charge on any atom is 0.167 e. The molecule has 0 radical (unpaired) electrons. The van der Waals surface area contributed by atoms with E-state index in [0.29, 0.717) is 23.5 Å². The fourth-order valence-corrected chi connectivity index (χ4v) is 3.23. The van der Waals surface area contributed by atoms with Crippen LogP contribution in [0.15, 0.2) is 41.8 Å². The molecule has 3 heterocycles. The fourth-order valence-electron chi connectivity index (χ4n) is 3.08. The highest BCUT2D eigenvalue weighted by molar-refractivity contribution is 7.80. The monoisotopic (exact) mass is 389 g/mol. The fraction of sp³-hybridized carbons (Fsp3) is 0.353. The van der Waals surface area contributed by atoms with Crippen molar-refractivity contribution in [3.63, 3.8) is 0 Å². The summed E-state index contributed by atoms with van der Waals surface area (Å²) in [5.74, 6) is 0.542. The molecule has 4 atom stereocenters. The molecule has 0 aliphatic carbocycles. The maximum absolute atomic E-state index is 10.2. The van der Waals surface area contributed by atoms with Gasteiger partial charge in [-0.25, -0.2) is 15.0 Å². The zero-order chi connectivity index (χ0) is 19.0. The summed E-state index contributed by atoms with van der Waals surface area (Å²) < 4.78 is 7.08. The largest absolute Gasteiger partial charge is 0.394 e. The molecule has 142 valence electrons. The standard InChI is InChI=1S/C17H19N5O4S/c23-6-11-13(24)14(25)17(26-11)22-8-21-12-15(19-7-20-16(12)22)18-5-9-1-3-10(27)4-2-9/h1-4,7-8,11,13-14,17,23-25,27H,5-6H2,(H,18,19,20)/t11-,13-,14-,17-/m1/s1. The van der Waals surface area contributed by atoms with Gasteiger partial charge in [0, 0.05) is 11.4 Å². The van der Waals surface area contributed by atoms with Crippen LogP contribution in [0.4, 0.5) is 5.82 Å². The van der Waals surface area contributed by atoms with E-state index >= 15 is 0 Å². The molecule has 0 spiro atoms. The van der Waals surface area contributed by atoms with E-state index in [2.05, 4.69) is 32.9 Å². The van der Waals surface area contributed by atoms with E-state index in [1.165, 1.54) is 17.2 Å². The molecular formula is C17H19N5O4S. The number of hydrogen-bond acceptors (Lipinski definition) is 9. The maximum atomic E-state index is 10.2. The third-order valence-corrected chi connectivity index (χ3v) is 4.84. The molecule has 27 heavy (non-hydrogen) atoms. The summed E-state index contributed by atoms with van der Waals surface area (Å²) in [5, 5.41) is 32.7. The van der Waals surface area contributed by atoms with Gasteiger partial charge in [0.2, 0.25) is 0 Å². The summed E-state index contributed by atoms with van der Waals surface area (Å²) in [6, 6.07) is 7.75. The van der Waals surface area contributed by atoms with Crippen molar-refractivity contribution in [3.8, 4) is 0 Å². The van der Waals surface area contributed by atoms with Crippen LogP contribution in [0.3, 0.4) is 0 Å². The van der Waals surface area contributed by atoms with Crippen molar-refractivity contribution in [1.82, 2.24) is 19.5 Å². The average Bonchev–Trinajstić information content (AvgIpc) is 3.23. The molecular weight excluding hydrogens is 370 g/mol. The number of anilines is 1. The second kappa shape index (κ2) is 7.41. The van der Waals surface area contributed by atoms with Crippen molar-refractivity contribution >= 4 is 29.6 Å². The van der Waals surface area contributed by atoms with Crippen LogP contribution >= 0.6 is 12.6 Å². The molecule has 4 rings (SSSR count). The normalized spacial score (nSPS) is 25.2. The van der Waals surface area contributed by atoms with Crippen LogP contribution in [0.2, 0.25) is 0 Å². The Morgan fingerprint density at radius 3 is 2.59 bits per heavy atom. The van der Waals surface area contributed by atoms with Gasteiger partial charge in [-0.1, -0.05) is 12.1 Å². The summed E-state index contributed by atoms with van der Waals surface area (Å²) in [4.78, 5) is 13.7. The zero-order valence-corrected chi connectivity index (χ0v) is 15.1. The SMILES string of the molecule is OC[C@H]1O[C@@H](n2cnc3c(NCc4ccc(S)cc4)ncnc32)[C@H](O)[C@@H]1O. The third kappa shape index (κ3) is 3.37. The predicted molar refractivity (Wildman–Crippen MR) is 99.4 cm³/mol. The van der Waals surface area contributed by atoms with Crippen LogP contribution in [0.1, 0.15) is 11.8 Å². The van der Waals surface area contributed by atoms with Gasteiger partial charge in [-0.05, 0) is 17.7 Å². The molecule has 10 heteroatoms. The number of benzene rings is 1. The van der Waals surface area contributed by atoms with Crippen LogP contribution in [-0.4, -0.2) is 59.8 Å². The number of nitrogens with zero attached hydrogens (tertiary/aromatic N) is 4. The Bertz CT molecular complexity index is 935. The number of rotatable bonds is 5. The van der Waals surface area contributed by atoms with Crippen molar-refractivity contribution in [2.24, 2.45) is 0 Å². The number of aliphatic hydroxyl groups excluding tert-OH is 3. The molecule has 1 aliphatic rings. The summed E-state index contributed by atoms with van der Waals surface area (Å²) in [5.41, 5.74) is 2.02. The first-order valence-electron chi connectivity index (χ1n) is 8.40. The van der Waals surface area contributed by atoms with E-state index < -0.39 is 31.1 Å². The Hall–Kier alpha value is -2.24. The van der Waals surface area contributed by atoms with E-state index in [0.717, 1.165) is 10.5 Å². The Balaban J connectivity index is 1.59. The molecule has 0 unspecified atom stereocenters. The Morgan fingerprint density at radius 1 is 1.11 bits per heavy atom. The number of hydrogen-bond donors (Lipinski definition) is 5. The van der Waals surface area contributed by atoms with Gasteiger partial charge in [-0.2, -0.15) is 0 Å². The van der Waals surface area contributed by atoms with E-state index in [9.17, 15) is 15.3 Å². The second-order valence-corrected chi connectivity index (χ2v) is 6.81. The van der Waals surface area contributed by atoms with Crippen LogP contribution < -0.4 is 5.32 Å².